The van der Waals surface area contributed by atoms with Crippen molar-refractivity contribution in [3.63, 3.8) is 0 Å². The van der Waals surface area contributed by atoms with Gasteiger partial charge in [-0.1, -0.05) is 31.2 Å². The van der Waals surface area contributed by atoms with E-state index in [2.05, 4.69) is 39.8 Å². The molecule has 1 aliphatic rings. The first kappa shape index (κ1) is 14.5. The van der Waals surface area contributed by atoms with E-state index in [1.165, 1.54) is 5.56 Å². The molecule has 0 radical (unpaired) electrons. The Bertz CT molecular complexity index is 685. The Hall–Kier alpha value is -2.43. The van der Waals surface area contributed by atoms with Crippen LogP contribution in [0.2, 0.25) is 0 Å². The zero-order valence-electron chi connectivity index (χ0n) is 12.7. The van der Waals surface area contributed by atoms with Gasteiger partial charge in [-0.15, -0.1) is 0 Å². The molecule has 1 amide bonds. The predicted octanol–water partition coefficient (Wildman–Crippen LogP) is 2.61. The Morgan fingerprint density at radius 1 is 1.32 bits per heavy atom. The number of carbonyl (C=O) groups excluding carboxylic acids is 1. The van der Waals surface area contributed by atoms with Gasteiger partial charge in [0.15, 0.2) is 5.69 Å². The number of hydrogen-bond acceptors (Lipinski definition) is 3. The van der Waals surface area contributed by atoms with Crippen LogP contribution >= 0.6 is 0 Å². The fourth-order valence-electron chi connectivity index (χ4n) is 2.73. The topological polar surface area (TPSA) is 70.1 Å². The van der Waals surface area contributed by atoms with Gasteiger partial charge in [0.1, 0.15) is 0 Å². The molecule has 2 N–H and O–H groups in total. The van der Waals surface area contributed by atoms with E-state index in [4.69, 9.17) is 0 Å². The van der Waals surface area contributed by atoms with Gasteiger partial charge >= 0.3 is 0 Å². The van der Waals surface area contributed by atoms with Gasteiger partial charge in [0.2, 0.25) is 0 Å². The minimum absolute atomic E-state index is 0.249. The Labute approximate surface area is 129 Å². The van der Waals surface area contributed by atoms with Crippen LogP contribution in [0.5, 0.6) is 0 Å². The number of fused-ring (bicyclic) bond motifs is 1. The predicted molar refractivity (Wildman–Crippen MR) is 86.1 cm³/mol. The number of H-pyrrole nitrogens is 1. The molecule has 0 atom stereocenters. The minimum Gasteiger partial charge on any atom is -0.281 e. The maximum atomic E-state index is 12.2. The third-order valence-corrected chi connectivity index (χ3v) is 4.04. The average Bonchev–Trinajstić information content (AvgIpc) is 2.99. The lowest BCUT2D eigenvalue weighted by atomic mass is 9.96. The molecule has 1 aromatic heterocycles. The van der Waals surface area contributed by atoms with Crippen LogP contribution in [-0.4, -0.2) is 22.3 Å². The van der Waals surface area contributed by atoms with E-state index in [-0.39, 0.29) is 5.91 Å². The maximum Gasteiger partial charge on any atom is 0.292 e. The van der Waals surface area contributed by atoms with Crippen LogP contribution in [0.25, 0.3) is 0 Å². The highest BCUT2D eigenvalue weighted by Gasteiger charge is 2.21. The molecule has 114 valence electrons. The van der Waals surface area contributed by atoms with E-state index in [1.54, 1.807) is 6.21 Å². The third kappa shape index (κ3) is 3.08. The quantitative estimate of drug-likeness (QED) is 0.672. The molecule has 0 saturated carbocycles. The molecule has 1 aliphatic carbocycles. The monoisotopic (exact) mass is 296 g/mol. The van der Waals surface area contributed by atoms with Gasteiger partial charge in [-0.3, -0.25) is 9.89 Å². The summed E-state index contributed by atoms with van der Waals surface area (Å²) in [5.74, 6) is -0.249. The standard InChI is InChI=1S/C17H20N4O/c1-2-12-7-9-13(10-8-12)11-18-21-17(22)16-14-5-3-4-6-15(14)19-20-16/h7-11H,2-6H2,1H3,(H,19,20)(H,21,22)/b18-11-. The van der Waals surface area contributed by atoms with Gasteiger partial charge in [0, 0.05) is 11.3 Å². The third-order valence-electron chi connectivity index (χ3n) is 4.04. The fourth-order valence-corrected chi connectivity index (χ4v) is 2.73. The number of amides is 1. The van der Waals surface area contributed by atoms with E-state index < -0.39 is 0 Å². The number of benzene rings is 1. The number of nitrogens with zero attached hydrogens (tertiary/aromatic N) is 2. The van der Waals surface area contributed by atoms with Crippen molar-refractivity contribution >= 4 is 12.1 Å². The Morgan fingerprint density at radius 3 is 2.86 bits per heavy atom. The minimum atomic E-state index is -0.249. The Kier molecular flexibility index (Phi) is 4.32. The van der Waals surface area contributed by atoms with Gasteiger partial charge in [0.05, 0.1) is 6.21 Å². The summed E-state index contributed by atoms with van der Waals surface area (Å²) in [4.78, 5) is 12.2. The largest absolute Gasteiger partial charge is 0.292 e. The van der Waals surface area contributed by atoms with Crippen molar-refractivity contribution in [2.75, 3.05) is 0 Å². The highest BCUT2D eigenvalue weighted by Crippen LogP contribution is 2.21. The summed E-state index contributed by atoms with van der Waals surface area (Å²) >= 11 is 0. The molecule has 5 heteroatoms. The lowest BCUT2D eigenvalue weighted by Gasteiger charge is -2.10. The summed E-state index contributed by atoms with van der Waals surface area (Å²) in [6.45, 7) is 2.12. The molecule has 22 heavy (non-hydrogen) atoms. The number of hydrazone groups is 1. The van der Waals surface area contributed by atoms with Crippen molar-refractivity contribution in [1.82, 2.24) is 15.6 Å². The average molecular weight is 296 g/mol. The molecule has 0 bridgehead atoms. The summed E-state index contributed by atoms with van der Waals surface area (Å²) in [7, 11) is 0. The first-order chi connectivity index (χ1) is 10.8. The number of nitrogens with one attached hydrogen (secondary N) is 2. The molecule has 3 rings (SSSR count). The number of hydrogen-bond donors (Lipinski definition) is 2. The maximum absolute atomic E-state index is 12.2. The highest BCUT2D eigenvalue weighted by atomic mass is 16.2. The Morgan fingerprint density at radius 2 is 2.09 bits per heavy atom. The number of aromatic nitrogens is 2. The van der Waals surface area contributed by atoms with Gasteiger partial charge < -0.3 is 0 Å². The summed E-state index contributed by atoms with van der Waals surface area (Å²) in [6.07, 6.45) is 6.82. The SMILES string of the molecule is CCc1ccc(/C=N\NC(=O)c2n[nH]c3c2CCCC3)cc1. The van der Waals surface area contributed by atoms with Crippen LogP contribution in [0.3, 0.4) is 0 Å². The molecular formula is C17H20N4O. The van der Waals surface area contributed by atoms with E-state index in [0.29, 0.717) is 5.69 Å². The molecule has 0 saturated heterocycles. The van der Waals surface area contributed by atoms with Gasteiger partial charge in [-0.05, 0) is 43.2 Å². The summed E-state index contributed by atoms with van der Waals surface area (Å²) in [5.41, 5.74) is 7.42. The molecular weight excluding hydrogens is 276 g/mol. The van der Waals surface area contributed by atoms with Crippen LogP contribution in [0, 0.1) is 0 Å². The van der Waals surface area contributed by atoms with Crippen molar-refractivity contribution in [1.29, 1.82) is 0 Å². The second kappa shape index (κ2) is 6.56. The highest BCUT2D eigenvalue weighted by molar-refractivity contribution is 5.94. The molecule has 0 aliphatic heterocycles. The number of aromatic amines is 1. The van der Waals surface area contributed by atoms with Crippen molar-refractivity contribution in [3.8, 4) is 0 Å². The zero-order valence-corrected chi connectivity index (χ0v) is 12.7. The second-order valence-corrected chi connectivity index (χ2v) is 5.53. The van der Waals surface area contributed by atoms with Crippen molar-refractivity contribution < 1.29 is 4.79 Å². The number of carbonyl (C=O) groups is 1. The molecule has 0 spiro atoms. The van der Waals surface area contributed by atoms with Crippen molar-refractivity contribution in [2.45, 2.75) is 39.0 Å². The van der Waals surface area contributed by atoms with E-state index in [1.807, 2.05) is 12.1 Å². The van der Waals surface area contributed by atoms with E-state index in [0.717, 1.165) is 48.9 Å². The van der Waals surface area contributed by atoms with Crippen LogP contribution in [-0.2, 0) is 19.3 Å². The van der Waals surface area contributed by atoms with Crippen molar-refractivity contribution in [3.05, 3.63) is 52.3 Å². The zero-order chi connectivity index (χ0) is 15.4. The second-order valence-electron chi connectivity index (χ2n) is 5.53. The van der Waals surface area contributed by atoms with Crippen LogP contribution < -0.4 is 5.43 Å². The summed E-state index contributed by atoms with van der Waals surface area (Å²) in [5, 5.41) is 11.1. The first-order valence-corrected chi connectivity index (χ1v) is 7.76. The summed E-state index contributed by atoms with van der Waals surface area (Å²) < 4.78 is 0. The lowest BCUT2D eigenvalue weighted by molar-refractivity contribution is 0.0949. The molecule has 0 unspecified atom stereocenters. The Balaban J connectivity index is 1.64. The molecule has 1 heterocycles. The summed E-state index contributed by atoms with van der Waals surface area (Å²) in [6, 6.07) is 8.11. The number of rotatable bonds is 4. The molecule has 2 aromatic rings. The fraction of sp³-hybridized carbons (Fsp3) is 0.353. The van der Waals surface area contributed by atoms with Crippen molar-refractivity contribution in [2.24, 2.45) is 5.10 Å². The van der Waals surface area contributed by atoms with E-state index in [9.17, 15) is 4.79 Å². The van der Waals surface area contributed by atoms with E-state index >= 15 is 0 Å². The normalized spacial score (nSPS) is 14.0. The lowest BCUT2D eigenvalue weighted by Crippen LogP contribution is -2.20. The van der Waals surface area contributed by atoms with Crippen LogP contribution in [0.4, 0.5) is 0 Å². The van der Waals surface area contributed by atoms with Gasteiger partial charge in [-0.25, -0.2) is 5.43 Å². The van der Waals surface area contributed by atoms with Crippen LogP contribution in [0.15, 0.2) is 29.4 Å². The van der Waals surface area contributed by atoms with Gasteiger partial charge in [0.25, 0.3) is 5.91 Å². The smallest absolute Gasteiger partial charge is 0.281 e. The van der Waals surface area contributed by atoms with Crippen LogP contribution in [0.1, 0.15) is 52.6 Å². The molecule has 0 fully saturated rings. The number of aryl methyl sites for hydroxylation is 2. The molecule has 1 aromatic carbocycles. The first-order valence-electron chi connectivity index (χ1n) is 7.76. The van der Waals surface area contributed by atoms with Gasteiger partial charge in [-0.2, -0.15) is 10.2 Å². The molecule has 5 nitrogen and oxygen atoms in total.